The summed E-state index contributed by atoms with van der Waals surface area (Å²) < 4.78 is 1.99. The third-order valence-electron chi connectivity index (χ3n) is 4.75. The van der Waals surface area contributed by atoms with Gasteiger partial charge in [-0.2, -0.15) is 10.2 Å². The lowest BCUT2D eigenvalue weighted by atomic mass is 10.2. The smallest absolute Gasteiger partial charge is 0.260 e. The van der Waals surface area contributed by atoms with Crippen LogP contribution in [-0.4, -0.2) is 30.9 Å². The van der Waals surface area contributed by atoms with E-state index < -0.39 is 0 Å². The minimum atomic E-state index is -0.189. The maximum Gasteiger partial charge on any atom is 0.260 e. The highest BCUT2D eigenvalue weighted by Gasteiger charge is 2.22. The van der Waals surface area contributed by atoms with Gasteiger partial charge in [-0.15, -0.1) is 0 Å². The molecule has 1 aliphatic carbocycles. The largest absolute Gasteiger partial charge is 0.305 e. The van der Waals surface area contributed by atoms with Crippen LogP contribution in [-0.2, 0) is 0 Å². The van der Waals surface area contributed by atoms with Gasteiger partial charge in [0.2, 0.25) is 0 Å². The number of carbonyl (C=O) groups is 1. The fourth-order valence-corrected chi connectivity index (χ4v) is 3.40. The molecule has 0 spiro atoms. The molecule has 1 amide bonds. The molecule has 4 rings (SSSR count). The lowest BCUT2D eigenvalue weighted by Crippen LogP contribution is -2.14. The zero-order valence-electron chi connectivity index (χ0n) is 14.1. The molecular formula is C18H20N6O. The molecule has 0 saturated heterocycles. The van der Waals surface area contributed by atoms with Crippen LogP contribution >= 0.6 is 0 Å². The molecule has 1 aliphatic rings. The van der Waals surface area contributed by atoms with Crippen molar-refractivity contribution in [3.05, 3.63) is 48.0 Å². The molecule has 0 aliphatic heterocycles. The maximum atomic E-state index is 12.6. The summed E-state index contributed by atoms with van der Waals surface area (Å²) in [6, 6.07) is 6.01. The van der Waals surface area contributed by atoms with Gasteiger partial charge in [0.25, 0.3) is 5.91 Å². The quantitative estimate of drug-likeness (QED) is 0.765. The summed E-state index contributed by atoms with van der Waals surface area (Å²) >= 11 is 0. The number of anilines is 1. The van der Waals surface area contributed by atoms with E-state index in [0.717, 1.165) is 29.8 Å². The van der Waals surface area contributed by atoms with Crippen molar-refractivity contribution in [1.29, 1.82) is 0 Å². The van der Waals surface area contributed by atoms with Crippen molar-refractivity contribution in [1.82, 2.24) is 25.0 Å². The predicted molar refractivity (Wildman–Crippen MR) is 94.2 cm³/mol. The zero-order chi connectivity index (χ0) is 17.2. The molecule has 2 N–H and O–H groups in total. The van der Waals surface area contributed by atoms with Crippen LogP contribution in [0.2, 0.25) is 0 Å². The van der Waals surface area contributed by atoms with Gasteiger partial charge in [0.15, 0.2) is 5.82 Å². The summed E-state index contributed by atoms with van der Waals surface area (Å²) in [5, 5.41) is 14.3. The summed E-state index contributed by atoms with van der Waals surface area (Å²) in [5.41, 5.74) is 3.23. The van der Waals surface area contributed by atoms with E-state index in [1.165, 1.54) is 12.8 Å². The second kappa shape index (κ2) is 6.51. The molecule has 3 heterocycles. The summed E-state index contributed by atoms with van der Waals surface area (Å²) in [5.74, 6) is 0.294. The number of hydrogen-bond acceptors (Lipinski definition) is 4. The minimum Gasteiger partial charge on any atom is -0.305 e. The average molecular weight is 336 g/mol. The van der Waals surface area contributed by atoms with Gasteiger partial charge >= 0.3 is 0 Å². The number of amides is 1. The van der Waals surface area contributed by atoms with Crippen LogP contribution in [0.5, 0.6) is 0 Å². The number of nitrogens with one attached hydrogen (secondary N) is 2. The average Bonchev–Trinajstić information content (AvgIpc) is 3.36. The van der Waals surface area contributed by atoms with Crippen molar-refractivity contribution >= 4 is 11.7 Å². The molecule has 0 unspecified atom stereocenters. The van der Waals surface area contributed by atoms with E-state index in [9.17, 15) is 4.79 Å². The second-order valence-corrected chi connectivity index (χ2v) is 6.39. The van der Waals surface area contributed by atoms with Crippen LogP contribution in [0.4, 0.5) is 5.82 Å². The Kier molecular flexibility index (Phi) is 4.05. The third-order valence-corrected chi connectivity index (χ3v) is 4.75. The number of carbonyl (C=O) groups excluding carboxylic acids is 1. The van der Waals surface area contributed by atoms with Gasteiger partial charge in [-0.25, -0.2) is 0 Å². The van der Waals surface area contributed by atoms with Crippen molar-refractivity contribution < 1.29 is 4.79 Å². The van der Waals surface area contributed by atoms with Crippen molar-refractivity contribution in [3.63, 3.8) is 0 Å². The highest BCUT2D eigenvalue weighted by molar-refractivity contribution is 6.04. The number of aromatic nitrogens is 5. The number of aromatic amines is 1. The molecule has 0 bridgehead atoms. The van der Waals surface area contributed by atoms with E-state index >= 15 is 0 Å². The Morgan fingerprint density at radius 2 is 2.16 bits per heavy atom. The van der Waals surface area contributed by atoms with Crippen LogP contribution in [0, 0.1) is 6.92 Å². The van der Waals surface area contributed by atoms with Gasteiger partial charge in [0.1, 0.15) is 0 Å². The number of nitrogens with zero attached hydrogens (tertiary/aromatic N) is 4. The van der Waals surface area contributed by atoms with Gasteiger partial charge in [-0.05, 0) is 31.9 Å². The first-order chi connectivity index (χ1) is 12.2. The van der Waals surface area contributed by atoms with E-state index in [1.807, 2.05) is 23.7 Å². The van der Waals surface area contributed by atoms with Crippen LogP contribution in [0.15, 0.2) is 36.8 Å². The van der Waals surface area contributed by atoms with Gasteiger partial charge in [-0.3, -0.25) is 19.6 Å². The van der Waals surface area contributed by atoms with Crippen LogP contribution in [0.25, 0.3) is 11.3 Å². The first kappa shape index (κ1) is 15.6. The van der Waals surface area contributed by atoms with Crippen molar-refractivity contribution in [3.8, 4) is 11.3 Å². The molecule has 7 nitrogen and oxygen atoms in total. The SMILES string of the molecule is Cc1c(C(=O)Nc2cc(-c3cccnc3)[nH]n2)cnn1C1CCCC1. The third kappa shape index (κ3) is 3.05. The van der Waals surface area contributed by atoms with Gasteiger partial charge in [0.05, 0.1) is 23.5 Å². The van der Waals surface area contributed by atoms with Gasteiger partial charge in [0, 0.05) is 29.7 Å². The molecule has 0 radical (unpaired) electrons. The van der Waals surface area contributed by atoms with E-state index in [1.54, 1.807) is 24.7 Å². The Labute approximate surface area is 145 Å². The Morgan fingerprint density at radius 1 is 1.32 bits per heavy atom. The molecule has 1 fully saturated rings. The standard InChI is InChI=1S/C18H20N6O/c1-12-15(11-20-24(12)14-6-2-3-7-14)18(25)21-17-9-16(22-23-17)13-5-4-8-19-10-13/h4-5,8-11,14H,2-3,6-7H2,1H3,(H2,21,22,23,25). The van der Waals surface area contributed by atoms with Crippen LogP contribution < -0.4 is 5.32 Å². The number of pyridine rings is 1. The van der Waals surface area contributed by atoms with Gasteiger partial charge in [-0.1, -0.05) is 12.8 Å². The molecule has 0 aromatic carbocycles. The lowest BCUT2D eigenvalue weighted by molar-refractivity contribution is 0.102. The van der Waals surface area contributed by atoms with Crippen LogP contribution in [0.1, 0.15) is 47.8 Å². The van der Waals surface area contributed by atoms with Gasteiger partial charge < -0.3 is 5.32 Å². The molecule has 3 aromatic heterocycles. The molecule has 1 saturated carbocycles. The Hall–Kier alpha value is -2.96. The van der Waals surface area contributed by atoms with Crippen molar-refractivity contribution in [2.75, 3.05) is 5.32 Å². The zero-order valence-corrected chi connectivity index (χ0v) is 14.1. The van der Waals surface area contributed by atoms with Crippen LogP contribution in [0.3, 0.4) is 0 Å². The van der Waals surface area contributed by atoms with Crippen molar-refractivity contribution in [2.24, 2.45) is 0 Å². The van der Waals surface area contributed by atoms with E-state index in [-0.39, 0.29) is 5.91 Å². The van der Waals surface area contributed by atoms with E-state index in [2.05, 4.69) is 25.6 Å². The lowest BCUT2D eigenvalue weighted by Gasteiger charge is -2.12. The maximum absolute atomic E-state index is 12.6. The number of hydrogen-bond donors (Lipinski definition) is 2. The summed E-state index contributed by atoms with van der Waals surface area (Å²) in [4.78, 5) is 16.7. The Morgan fingerprint density at radius 3 is 2.92 bits per heavy atom. The summed E-state index contributed by atoms with van der Waals surface area (Å²) in [7, 11) is 0. The first-order valence-corrected chi connectivity index (χ1v) is 8.53. The normalized spacial score (nSPS) is 14.8. The highest BCUT2D eigenvalue weighted by Crippen LogP contribution is 2.30. The first-order valence-electron chi connectivity index (χ1n) is 8.53. The topological polar surface area (TPSA) is 88.5 Å². The minimum absolute atomic E-state index is 0.189. The monoisotopic (exact) mass is 336 g/mol. The molecule has 0 atom stereocenters. The second-order valence-electron chi connectivity index (χ2n) is 6.39. The highest BCUT2D eigenvalue weighted by atomic mass is 16.1. The Balaban J connectivity index is 1.50. The molecule has 25 heavy (non-hydrogen) atoms. The van der Waals surface area contributed by atoms with E-state index in [0.29, 0.717) is 17.4 Å². The fourth-order valence-electron chi connectivity index (χ4n) is 3.40. The number of H-pyrrole nitrogens is 1. The molecule has 7 heteroatoms. The summed E-state index contributed by atoms with van der Waals surface area (Å²) in [6.45, 7) is 1.95. The molecule has 128 valence electrons. The fraction of sp³-hybridized carbons (Fsp3) is 0.333. The van der Waals surface area contributed by atoms with Crippen molar-refractivity contribution in [2.45, 2.75) is 38.6 Å². The number of rotatable bonds is 4. The Bertz CT molecular complexity index is 876. The predicted octanol–water partition coefficient (Wildman–Crippen LogP) is 3.34. The molecular weight excluding hydrogens is 316 g/mol. The van der Waals surface area contributed by atoms with E-state index in [4.69, 9.17) is 0 Å². The molecule has 3 aromatic rings. The summed E-state index contributed by atoms with van der Waals surface area (Å²) in [6.07, 6.45) is 9.85.